The molecular formula is C21H26BrN3O4. The van der Waals surface area contributed by atoms with Crippen molar-refractivity contribution < 1.29 is 19.1 Å². The van der Waals surface area contributed by atoms with Gasteiger partial charge in [0.25, 0.3) is 5.91 Å². The van der Waals surface area contributed by atoms with E-state index in [1.54, 1.807) is 6.92 Å². The van der Waals surface area contributed by atoms with Crippen molar-refractivity contribution in [2.24, 2.45) is 0 Å². The van der Waals surface area contributed by atoms with Gasteiger partial charge in [-0.1, -0.05) is 35.3 Å². The largest absolute Gasteiger partial charge is 0.465 e. The fourth-order valence-electron chi connectivity index (χ4n) is 3.07. The van der Waals surface area contributed by atoms with Gasteiger partial charge in [0.2, 0.25) is 5.91 Å². The Hall–Kier alpha value is -2.61. The first kappa shape index (κ1) is 22.7. The van der Waals surface area contributed by atoms with Crippen LogP contribution in [0.15, 0.2) is 22.7 Å². The lowest BCUT2D eigenvalue weighted by molar-refractivity contribution is -0.116. The van der Waals surface area contributed by atoms with E-state index in [0.717, 1.165) is 22.1 Å². The molecule has 0 aliphatic carbocycles. The number of carbonyl (C=O) groups is 3. The maximum absolute atomic E-state index is 12.6. The van der Waals surface area contributed by atoms with Crippen molar-refractivity contribution in [2.75, 3.05) is 19.0 Å². The van der Waals surface area contributed by atoms with Gasteiger partial charge in [-0.2, -0.15) is 0 Å². The van der Waals surface area contributed by atoms with Crippen molar-refractivity contribution in [3.05, 3.63) is 50.8 Å². The maximum Gasteiger partial charge on any atom is 0.339 e. The monoisotopic (exact) mass is 463 g/mol. The fourth-order valence-corrected chi connectivity index (χ4v) is 3.43. The van der Waals surface area contributed by atoms with E-state index in [1.807, 2.05) is 32.0 Å². The highest BCUT2D eigenvalue weighted by Crippen LogP contribution is 2.22. The molecule has 0 aliphatic rings. The van der Waals surface area contributed by atoms with Gasteiger partial charge in [0.05, 0.1) is 12.7 Å². The molecule has 0 radical (unpaired) electrons. The number of nitrogens with one attached hydrogen (secondary N) is 3. The molecule has 2 rings (SSSR count). The van der Waals surface area contributed by atoms with E-state index < -0.39 is 5.97 Å². The zero-order valence-corrected chi connectivity index (χ0v) is 18.7. The minimum absolute atomic E-state index is 0.129. The van der Waals surface area contributed by atoms with Crippen LogP contribution >= 0.6 is 15.9 Å². The van der Waals surface area contributed by atoms with E-state index >= 15 is 0 Å². The molecule has 3 N–H and O–H groups in total. The number of esters is 1. The van der Waals surface area contributed by atoms with Gasteiger partial charge in [0.1, 0.15) is 5.69 Å². The van der Waals surface area contributed by atoms with Gasteiger partial charge < -0.3 is 20.4 Å². The van der Waals surface area contributed by atoms with Crippen molar-refractivity contribution in [1.29, 1.82) is 0 Å². The van der Waals surface area contributed by atoms with Crippen LogP contribution in [0.25, 0.3) is 0 Å². The Morgan fingerprint density at radius 2 is 1.93 bits per heavy atom. The summed E-state index contributed by atoms with van der Waals surface area (Å²) in [5.74, 6) is -1.01. The fraction of sp³-hybridized carbons (Fsp3) is 0.381. The Kier molecular flexibility index (Phi) is 8.01. The zero-order valence-electron chi connectivity index (χ0n) is 17.1. The summed E-state index contributed by atoms with van der Waals surface area (Å²) >= 11 is 3.38. The van der Waals surface area contributed by atoms with Gasteiger partial charge in [-0.05, 0) is 43.5 Å². The molecule has 2 aromatic rings. The number of anilines is 1. The lowest BCUT2D eigenvalue weighted by Crippen LogP contribution is -2.28. The molecule has 1 aromatic carbocycles. The normalized spacial score (nSPS) is 10.5. The standard InChI is InChI=1S/C21H26BrN3O4/c1-5-6-15-18(21(28)29-4)13(3)24-19(15)20(27)23-10-9-17(26)25-16-11-14(22)8-7-12(16)2/h7-8,11,24H,5-6,9-10H2,1-4H3,(H,23,27)(H,25,26). The molecule has 0 atom stereocenters. The number of amides is 2. The summed E-state index contributed by atoms with van der Waals surface area (Å²) in [6, 6.07) is 5.64. The van der Waals surface area contributed by atoms with Crippen LogP contribution in [0.3, 0.4) is 0 Å². The molecule has 0 spiro atoms. The Balaban J connectivity index is 2.01. The first-order valence-corrected chi connectivity index (χ1v) is 10.2. The molecule has 156 valence electrons. The average Bonchev–Trinajstić information content (AvgIpc) is 3.00. The highest BCUT2D eigenvalue weighted by molar-refractivity contribution is 9.10. The summed E-state index contributed by atoms with van der Waals surface area (Å²) in [6.07, 6.45) is 1.47. The Bertz CT molecular complexity index is 921. The molecule has 2 amide bonds. The topological polar surface area (TPSA) is 100 Å². The molecule has 7 nitrogen and oxygen atoms in total. The second-order valence-corrected chi connectivity index (χ2v) is 7.65. The molecular weight excluding hydrogens is 438 g/mol. The van der Waals surface area contributed by atoms with Crippen molar-refractivity contribution in [3.63, 3.8) is 0 Å². The van der Waals surface area contributed by atoms with Crippen LogP contribution in [0, 0.1) is 13.8 Å². The third-order valence-electron chi connectivity index (χ3n) is 4.52. The molecule has 1 aromatic heterocycles. The molecule has 0 bridgehead atoms. The van der Waals surface area contributed by atoms with Gasteiger partial charge in [-0.3, -0.25) is 9.59 Å². The summed E-state index contributed by atoms with van der Waals surface area (Å²) in [7, 11) is 1.32. The van der Waals surface area contributed by atoms with E-state index in [0.29, 0.717) is 28.9 Å². The highest BCUT2D eigenvalue weighted by atomic mass is 79.9. The third-order valence-corrected chi connectivity index (χ3v) is 5.01. The zero-order chi connectivity index (χ0) is 21.6. The molecule has 0 unspecified atom stereocenters. The minimum Gasteiger partial charge on any atom is -0.465 e. The van der Waals surface area contributed by atoms with Crippen LogP contribution < -0.4 is 10.6 Å². The lowest BCUT2D eigenvalue weighted by Gasteiger charge is -2.10. The number of carbonyl (C=O) groups excluding carboxylic acids is 3. The second kappa shape index (κ2) is 10.2. The van der Waals surface area contributed by atoms with Crippen molar-refractivity contribution in [3.8, 4) is 0 Å². The van der Waals surface area contributed by atoms with Crippen LogP contribution in [0.1, 0.15) is 57.4 Å². The molecule has 1 heterocycles. The number of hydrogen-bond donors (Lipinski definition) is 3. The van der Waals surface area contributed by atoms with Gasteiger partial charge in [-0.25, -0.2) is 4.79 Å². The predicted molar refractivity (Wildman–Crippen MR) is 115 cm³/mol. The number of halogens is 1. The number of hydrogen-bond acceptors (Lipinski definition) is 4. The summed E-state index contributed by atoms with van der Waals surface area (Å²) in [4.78, 5) is 39.9. The lowest BCUT2D eigenvalue weighted by atomic mass is 10.0. The molecule has 0 saturated carbocycles. The van der Waals surface area contributed by atoms with Crippen LogP contribution in [0.2, 0.25) is 0 Å². The molecule has 8 heteroatoms. The molecule has 0 saturated heterocycles. The van der Waals surface area contributed by atoms with Gasteiger partial charge in [0.15, 0.2) is 0 Å². The number of benzene rings is 1. The Labute approximate surface area is 178 Å². The van der Waals surface area contributed by atoms with Crippen molar-refractivity contribution in [1.82, 2.24) is 10.3 Å². The number of rotatable bonds is 8. The summed E-state index contributed by atoms with van der Waals surface area (Å²) in [6.45, 7) is 5.79. The van der Waals surface area contributed by atoms with Crippen LogP contribution in [-0.4, -0.2) is 36.4 Å². The van der Waals surface area contributed by atoms with Crippen LogP contribution in [0.4, 0.5) is 5.69 Å². The molecule has 0 aliphatic heterocycles. The van der Waals surface area contributed by atoms with Gasteiger partial charge in [0, 0.05) is 28.8 Å². The average molecular weight is 464 g/mol. The Morgan fingerprint density at radius 3 is 2.59 bits per heavy atom. The third kappa shape index (κ3) is 5.69. The van der Waals surface area contributed by atoms with E-state index in [-0.39, 0.29) is 24.8 Å². The second-order valence-electron chi connectivity index (χ2n) is 6.73. The van der Waals surface area contributed by atoms with Crippen molar-refractivity contribution >= 4 is 39.4 Å². The van der Waals surface area contributed by atoms with Gasteiger partial charge in [-0.15, -0.1) is 0 Å². The number of H-pyrrole nitrogens is 1. The SMILES string of the molecule is CCCc1c(C(=O)NCCC(=O)Nc2cc(Br)ccc2C)[nH]c(C)c1C(=O)OC. The minimum atomic E-state index is -0.468. The first-order valence-electron chi connectivity index (χ1n) is 9.42. The maximum atomic E-state index is 12.6. The number of aryl methyl sites for hydroxylation is 2. The number of methoxy groups -OCH3 is 1. The van der Waals surface area contributed by atoms with E-state index in [1.165, 1.54) is 7.11 Å². The number of ether oxygens (including phenoxy) is 1. The van der Waals surface area contributed by atoms with Crippen LogP contribution in [-0.2, 0) is 16.0 Å². The van der Waals surface area contributed by atoms with Crippen LogP contribution in [0.5, 0.6) is 0 Å². The summed E-state index contributed by atoms with van der Waals surface area (Å²) in [5.41, 5.74) is 3.66. The quantitative estimate of drug-likeness (QED) is 0.516. The smallest absolute Gasteiger partial charge is 0.339 e. The Morgan fingerprint density at radius 1 is 1.21 bits per heavy atom. The molecule has 29 heavy (non-hydrogen) atoms. The van der Waals surface area contributed by atoms with E-state index in [4.69, 9.17) is 4.74 Å². The highest BCUT2D eigenvalue weighted by Gasteiger charge is 2.24. The number of aromatic nitrogens is 1. The van der Waals surface area contributed by atoms with Gasteiger partial charge >= 0.3 is 5.97 Å². The first-order chi connectivity index (χ1) is 13.8. The summed E-state index contributed by atoms with van der Waals surface area (Å²) in [5, 5.41) is 5.59. The van der Waals surface area contributed by atoms with Crippen molar-refractivity contribution in [2.45, 2.75) is 40.0 Å². The molecule has 0 fully saturated rings. The number of aromatic amines is 1. The van der Waals surface area contributed by atoms with E-state index in [2.05, 4.69) is 31.5 Å². The van der Waals surface area contributed by atoms with E-state index in [9.17, 15) is 14.4 Å². The summed E-state index contributed by atoms with van der Waals surface area (Å²) < 4.78 is 5.71. The predicted octanol–water partition coefficient (Wildman–Crippen LogP) is 3.89.